The van der Waals surface area contributed by atoms with Crippen molar-refractivity contribution < 1.29 is 28.9 Å². The highest BCUT2D eigenvalue weighted by atomic mass is 32.2. The van der Waals surface area contributed by atoms with E-state index in [1.807, 2.05) is 13.0 Å². The predicted octanol–water partition coefficient (Wildman–Crippen LogP) is 3.27. The molecule has 8 heteroatoms. The molecule has 2 fully saturated rings. The minimum Gasteiger partial charge on any atom is -0.461 e. The van der Waals surface area contributed by atoms with E-state index in [-0.39, 0.29) is 35.1 Å². The fourth-order valence-corrected chi connectivity index (χ4v) is 7.43. The molecule has 4 rings (SSSR count). The number of thioether (sulfide) groups is 2. The van der Waals surface area contributed by atoms with Gasteiger partial charge in [-0.3, -0.25) is 9.59 Å². The molecule has 174 valence electrons. The van der Waals surface area contributed by atoms with Gasteiger partial charge in [0.15, 0.2) is 0 Å². The molecule has 0 aromatic rings. The van der Waals surface area contributed by atoms with Crippen LogP contribution in [0.1, 0.15) is 41.0 Å². The van der Waals surface area contributed by atoms with Crippen LogP contribution in [0.25, 0.3) is 0 Å². The van der Waals surface area contributed by atoms with E-state index in [0.29, 0.717) is 29.8 Å². The van der Waals surface area contributed by atoms with E-state index in [2.05, 4.69) is 27.7 Å². The minimum absolute atomic E-state index is 0.224. The quantitative estimate of drug-likeness (QED) is 0.448. The number of ether oxygens (including phenoxy) is 3. The van der Waals surface area contributed by atoms with Gasteiger partial charge >= 0.3 is 11.9 Å². The van der Waals surface area contributed by atoms with Crippen molar-refractivity contribution in [1.82, 2.24) is 0 Å². The van der Waals surface area contributed by atoms with Crippen molar-refractivity contribution in [3.8, 4) is 0 Å². The van der Waals surface area contributed by atoms with Crippen LogP contribution in [0.4, 0.5) is 0 Å². The van der Waals surface area contributed by atoms with E-state index in [1.54, 1.807) is 23.5 Å². The van der Waals surface area contributed by atoms with Crippen molar-refractivity contribution in [3.63, 3.8) is 0 Å². The molecule has 2 bridgehead atoms. The Morgan fingerprint density at radius 3 is 2.55 bits per heavy atom. The average molecular weight is 471 g/mol. The third-order valence-electron chi connectivity index (χ3n) is 6.49. The molecule has 0 saturated carbocycles. The van der Waals surface area contributed by atoms with Crippen molar-refractivity contribution in [2.45, 2.75) is 70.2 Å². The van der Waals surface area contributed by atoms with Gasteiger partial charge in [-0.1, -0.05) is 27.7 Å². The first-order chi connectivity index (χ1) is 14.6. The lowest BCUT2D eigenvalue weighted by Crippen LogP contribution is -2.40. The zero-order valence-electron chi connectivity index (χ0n) is 18.9. The summed E-state index contributed by atoms with van der Waals surface area (Å²) in [7, 11) is 0. The second kappa shape index (κ2) is 8.92. The number of carbonyl (C=O) groups excluding carboxylic acids is 2. The number of aliphatic hydroxyl groups is 1. The lowest BCUT2D eigenvalue weighted by molar-refractivity contribution is -0.144. The van der Waals surface area contributed by atoms with E-state index in [1.165, 1.54) is 0 Å². The van der Waals surface area contributed by atoms with Crippen LogP contribution < -0.4 is 0 Å². The maximum atomic E-state index is 12.9. The van der Waals surface area contributed by atoms with Crippen molar-refractivity contribution in [2.24, 2.45) is 29.6 Å². The molecule has 8 atom stereocenters. The van der Waals surface area contributed by atoms with Crippen LogP contribution in [-0.2, 0) is 23.8 Å². The van der Waals surface area contributed by atoms with Gasteiger partial charge in [0.1, 0.15) is 18.0 Å². The van der Waals surface area contributed by atoms with Gasteiger partial charge in [-0.15, -0.1) is 0 Å². The number of hydrogen-bond donors (Lipinski definition) is 1. The van der Waals surface area contributed by atoms with Gasteiger partial charge in [-0.2, -0.15) is 23.5 Å². The summed E-state index contributed by atoms with van der Waals surface area (Å²) in [5.41, 5.74) is -0.556. The Balaban J connectivity index is 1.64. The van der Waals surface area contributed by atoms with Crippen molar-refractivity contribution >= 4 is 35.5 Å². The summed E-state index contributed by atoms with van der Waals surface area (Å²) in [5.74, 6) is 2.24. The second-order valence-corrected chi connectivity index (χ2v) is 12.6. The van der Waals surface area contributed by atoms with Crippen LogP contribution in [0, 0.1) is 29.6 Å². The minimum atomic E-state index is -0.784. The van der Waals surface area contributed by atoms with Crippen LogP contribution in [0.15, 0.2) is 11.8 Å². The fraction of sp³-hybridized carbons (Fsp3) is 0.826. The van der Waals surface area contributed by atoms with Crippen LogP contribution in [0.5, 0.6) is 0 Å². The van der Waals surface area contributed by atoms with Crippen molar-refractivity contribution in [3.05, 3.63) is 11.8 Å². The Hall–Kier alpha value is -0.700. The highest BCUT2D eigenvalue weighted by Gasteiger charge is 2.64. The molecule has 0 aromatic heterocycles. The van der Waals surface area contributed by atoms with Crippen LogP contribution in [0.2, 0.25) is 0 Å². The Bertz CT molecular complexity index is 752. The van der Waals surface area contributed by atoms with E-state index in [9.17, 15) is 14.7 Å². The fourth-order valence-electron chi connectivity index (χ4n) is 4.88. The maximum Gasteiger partial charge on any atom is 0.319 e. The number of fused-ring (bicyclic) bond motifs is 4. The number of rotatable bonds is 7. The summed E-state index contributed by atoms with van der Waals surface area (Å²) in [5, 5.41) is 10.8. The van der Waals surface area contributed by atoms with E-state index >= 15 is 0 Å². The SMILES string of the molecule is CC(C)CSCC1C(=O)OC2CC3(C)OC3C(O)C(SCC(C)C)C3C=C(OC3=O)C21. The molecular formula is C23H34O6S2. The molecule has 1 N–H and O–H groups in total. The first-order valence-corrected chi connectivity index (χ1v) is 13.5. The predicted molar refractivity (Wildman–Crippen MR) is 122 cm³/mol. The molecular weight excluding hydrogens is 436 g/mol. The lowest BCUT2D eigenvalue weighted by Gasteiger charge is -2.27. The monoisotopic (exact) mass is 470 g/mol. The highest BCUT2D eigenvalue weighted by Crippen LogP contribution is 2.52. The summed E-state index contributed by atoms with van der Waals surface area (Å²) >= 11 is 3.36. The van der Waals surface area contributed by atoms with Gasteiger partial charge in [0.25, 0.3) is 0 Å². The summed E-state index contributed by atoms with van der Waals surface area (Å²) in [6.07, 6.45) is 0.797. The summed E-state index contributed by atoms with van der Waals surface area (Å²) in [4.78, 5) is 25.7. The zero-order valence-corrected chi connectivity index (χ0v) is 20.5. The molecule has 2 saturated heterocycles. The molecule has 31 heavy (non-hydrogen) atoms. The van der Waals surface area contributed by atoms with E-state index in [4.69, 9.17) is 14.2 Å². The Morgan fingerprint density at radius 1 is 1.16 bits per heavy atom. The van der Waals surface area contributed by atoms with E-state index in [0.717, 1.165) is 11.5 Å². The average Bonchev–Trinajstić information content (AvgIpc) is 3.04. The molecule has 0 radical (unpaired) electrons. The van der Waals surface area contributed by atoms with Gasteiger partial charge in [0, 0.05) is 12.2 Å². The Kier molecular flexibility index (Phi) is 6.75. The summed E-state index contributed by atoms with van der Waals surface area (Å²) in [6.45, 7) is 10.5. The van der Waals surface area contributed by atoms with Crippen LogP contribution in [-0.4, -0.2) is 63.5 Å². The number of hydrogen-bond acceptors (Lipinski definition) is 8. The van der Waals surface area contributed by atoms with E-state index < -0.39 is 23.7 Å². The highest BCUT2D eigenvalue weighted by molar-refractivity contribution is 8.00. The second-order valence-electron chi connectivity index (χ2n) is 10.3. The maximum absolute atomic E-state index is 12.9. The Labute approximate surface area is 193 Å². The molecule has 4 aliphatic rings. The smallest absolute Gasteiger partial charge is 0.319 e. The third-order valence-corrected chi connectivity index (χ3v) is 9.80. The number of epoxide rings is 1. The summed E-state index contributed by atoms with van der Waals surface area (Å²) in [6, 6.07) is 0. The van der Waals surface area contributed by atoms with Gasteiger partial charge in [0.05, 0.1) is 34.7 Å². The van der Waals surface area contributed by atoms with Gasteiger partial charge in [0.2, 0.25) is 0 Å². The molecule has 1 aliphatic carbocycles. The van der Waals surface area contributed by atoms with Crippen LogP contribution >= 0.6 is 23.5 Å². The van der Waals surface area contributed by atoms with Gasteiger partial charge in [-0.25, -0.2) is 0 Å². The molecule has 0 amide bonds. The van der Waals surface area contributed by atoms with Crippen molar-refractivity contribution in [1.29, 1.82) is 0 Å². The Morgan fingerprint density at radius 2 is 1.87 bits per heavy atom. The molecule has 6 nitrogen and oxygen atoms in total. The van der Waals surface area contributed by atoms with Gasteiger partial charge in [-0.05, 0) is 36.3 Å². The zero-order chi connectivity index (χ0) is 22.5. The molecule has 8 unspecified atom stereocenters. The first-order valence-electron chi connectivity index (χ1n) is 11.3. The standard InChI is InChI=1S/C23H34O6S2/c1-11(2)8-30-10-14-17-15-6-13(21(25)27-15)19(31-9-12(3)4)18(24)20-23(5,29-20)7-16(17)28-22(14)26/h6,11-14,16-20,24H,7-10H2,1-5H3. The lowest BCUT2D eigenvalue weighted by atomic mass is 9.81. The largest absolute Gasteiger partial charge is 0.461 e. The number of aliphatic hydroxyl groups excluding tert-OH is 1. The van der Waals surface area contributed by atoms with Crippen LogP contribution in [0.3, 0.4) is 0 Å². The molecule has 0 aromatic carbocycles. The number of esters is 2. The summed E-state index contributed by atoms with van der Waals surface area (Å²) < 4.78 is 17.6. The number of carbonyl (C=O) groups is 2. The van der Waals surface area contributed by atoms with Gasteiger partial charge < -0.3 is 19.3 Å². The third kappa shape index (κ3) is 4.68. The normalized spacial score (nSPS) is 41.5. The van der Waals surface area contributed by atoms with Crippen molar-refractivity contribution in [2.75, 3.05) is 17.3 Å². The topological polar surface area (TPSA) is 85.4 Å². The molecule has 3 heterocycles. The molecule has 3 aliphatic heterocycles. The molecule has 0 spiro atoms. The first kappa shape index (κ1) is 23.5.